The van der Waals surface area contributed by atoms with Crippen LogP contribution in [-0.4, -0.2) is 11.5 Å². The van der Waals surface area contributed by atoms with Gasteiger partial charge in [0.05, 0.1) is 10.0 Å². The maximum absolute atomic E-state index is 6.06. The Kier molecular flexibility index (Phi) is 5.41. The molecule has 0 radical (unpaired) electrons. The van der Waals surface area contributed by atoms with Crippen molar-refractivity contribution >= 4 is 34.5 Å². The monoisotopic (exact) mass is 378 g/mol. The van der Waals surface area contributed by atoms with E-state index in [0.717, 1.165) is 21.9 Å². The van der Waals surface area contributed by atoms with Crippen LogP contribution in [0.25, 0.3) is 10.6 Å². The summed E-state index contributed by atoms with van der Waals surface area (Å²) in [7, 11) is 0. The van der Waals surface area contributed by atoms with E-state index >= 15 is 0 Å². The second-order valence-corrected chi connectivity index (χ2v) is 7.11. The molecule has 0 aliphatic heterocycles. The van der Waals surface area contributed by atoms with Crippen molar-refractivity contribution in [2.24, 2.45) is 5.73 Å². The second-order valence-electron chi connectivity index (χ2n) is 5.40. The smallest absolute Gasteiger partial charge is 0.130 e. The molecule has 3 rings (SSSR count). The Morgan fingerprint density at radius 2 is 2.00 bits per heavy atom. The van der Waals surface area contributed by atoms with E-state index in [2.05, 4.69) is 18.0 Å². The zero-order chi connectivity index (χ0) is 17.1. The normalized spacial score (nSPS) is 12.2. The van der Waals surface area contributed by atoms with Crippen molar-refractivity contribution in [3.05, 3.63) is 63.6 Å². The molecule has 1 heterocycles. The number of hydrogen-bond donors (Lipinski definition) is 1. The van der Waals surface area contributed by atoms with E-state index in [4.69, 9.17) is 33.7 Å². The lowest BCUT2D eigenvalue weighted by molar-refractivity contribution is 0.472. The average molecular weight is 379 g/mol. The second kappa shape index (κ2) is 7.53. The largest absolute Gasteiger partial charge is 0.457 e. The Morgan fingerprint density at radius 3 is 2.67 bits per heavy atom. The first-order valence-corrected chi connectivity index (χ1v) is 9.09. The van der Waals surface area contributed by atoms with Crippen LogP contribution in [0.5, 0.6) is 11.5 Å². The van der Waals surface area contributed by atoms with E-state index in [1.807, 2.05) is 17.5 Å². The van der Waals surface area contributed by atoms with E-state index in [1.165, 1.54) is 0 Å². The molecule has 24 heavy (non-hydrogen) atoms. The first-order valence-electron chi connectivity index (χ1n) is 7.45. The third-order valence-corrected chi connectivity index (χ3v) is 5.25. The number of rotatable bonds is 5. The maximum Gasteiger partial charge on any atom is 0.130 e. The van der Waals surface area contributed by atoms with Crippen molar-refractivity contribution in [2.45, 2.75) is 12.8 Å². The van der Waals surface area contributed by atoms with E-state index < -0.39 is 0 Å². The van der Waals surface area contributed by atoms with Crippen molar-refractivity contribution in [1.29, 1.82) is 0 Å². The molecule has 6 heteroatoms. The summed E-state index contributed by atoms with van der Waals surface area (Å²) in [6.45, 7) is 2.60. The zero-order valence-corrected chi connectivity index (χ0v) is 15.3. The predicted molar refractivity (Wildman–Crippen MR) is 102 cm³/mol. The summed E-state index contributed by atoms with van der Waals surface area (Å²) in [5, 5.41) is 3.89. The number of thiazole rings is 1. The Hall–Kier alpha value is -1.59. The molecule has 0 aliphatic rings. The highest BCUT2D eigenvalue weighted by Gasteiger charge is 2.14. The minimum Gasteiger partial charge on any atom is -0.457 e. The van der Waals surface area contributed by atoms with Gasteiger partial charge in [0.25, 0.3) is 0 Å². The molecule has 1 unspecified atom stereocenters. The van der Waals surface area contributed by atoms with Gasteiger partial charge in [0.1, 0.15) is 16.5 Å². The average Bonchev–Trinajstić information content (AvgIpc) is 3.12. The summed E-state index contributed by atoms with van der Waals surface area (Å²) in [6, 6.07) is 11.2. The summed E-state index contributed by atoms with van der Waals surface area (Å²) < 4.78 is 6.02. The number of nitrogens with zero attached hydrogens (tertiary/aromatic N) is 1. The fraction of sp³-hybridized carbons (Fsp3) is 0.167. The molecule has 3 aromatic rings. The summed E-state index contributed by atoms with van der Waals surface area (Å²) in [6.07, 6.45) is 1.80. The number of hydrogen-bond acceptors (Lipinski definition) is 4. The minimum atomic E-state index is 0.155. The Morgan fingerprint density at radius 1 is 1.17 bits per heavy atom. The van der Waals surface area contributed by atoms with Crippen LogP contribution >= 0.6 is 34.5 Å². The molecule has 1 atom stereocenters. The lowest BCUT2D eigenvalue weighted by Crippen LogP contribution is -2.10. The van der Waals surface area contributed by atoms with Crippen LogP contribution in [0.3, 0.4) is 0 Å². The number of benzene rings is 2. The van der Waals surface area contributed by atoms with Gasteiger partial charge >= 0.3 is 0 Å². The fourth-order valence-corrected chi connectivity index (χ4v) is 3.24. The molecule has 0 bridgehead atoms. The summed E-state index contributed by atoms with van der Waals surface area (Å²) >= 11 is 13.6. The van der Waals surface area contributed by atoms with Gasteiger partial charge in [0, 0.05) is 23.2 Å². The van der Waals surface area contributed by atoms with Gasteiger partial charge in [-0.1, -0.05) is 30.1 Å². The molecule has 0 spiro atoms. The molecule has 0 amide bonds. The van der Waals surface area contributed by atoms with Gasteiger partial charge < -0.3 is 10.5 Å². The van der Waals surface area contributed by atoms with E-state index in [0.29, 0.717) is 22.3 Å². The lowest BCUT2D eigenvalue weighted by Gasteiger charge is -2.17. The molecule has 2 aromatic carbocycles. The number of halogens is 2. The van der Waals surface area contributed by atoms with Crippen molar-refractivity contribution in [2.75, 3.05) is 6.54 Å². The summed E-state index contributed by atoms with van der Waals surface area (Å²) in [4.78, 5) is 4.36. The molecule has 0 saturated heterocycles. The molecular formula is C18H16Cl2N2OS. The number of nitrogens with two attached hydrogens (primary N) is 1. The SMILES string of the molecule is CC(CN)c1cc(-c2nccs2)ccc1Oc1ccc(Cl)c(Cl)c1. The summed E-state index contributed by atoms with van der Waals surface area (Å²) in [5.74, 6) is 1.55. The van der Waals surface area contributed by atoms with Crippen LogP contribution in [0.1, 0.15) is 18.4 Å². The van der Waals surface area contributed by atoms with Gasteiger partial charge in [-0.2, -0.15) is 0 Å². The van der Waals surface area contributed by atoms with Gasteiger partial charge in [0.2, 0.25) is 0 Å². The molecular weight excluding hydrogens is 363 g/mol. The highest BCUT2D eigenvalue weighted by atomic mass is 35.5. The van der Waals surface area contributed by atoms with Crippen molar-refractivity contribution in [1.82, 2.24) is 4.98 Å². The molecule has 124 valence electrons. The molecule has 2 N–H and O–H groups in total. The minimum absolute atomic E-state index is 0.155. The van der Waals surface area contributed by atoms with Crippen molar-refractivity contribution < 1.29 is 4.74 Å². The third-order valence-electron chi connectivity index (χ3n) is 3.69. The van der Waals surface area contributed by atoms with E-state index in [1.54, 1.807) is 35.7 Å². The Labute approximate surface area is 155 Å². The highest BCUT2D eigenvalue weighted by molar-refractivity contribution is 7.13. The third kappa shape index (κ3) is 3.73. The van der Waals surface area contributed by atoms with Crippen molar-refractivity contribution in [3.8, 4) is 22.1 Å². The quantitative estimate of drug-likeness (QED) is 0.594. The standard InChI is InChI=1S/C18H16Cl2N2OS/c1-11(10-21)14-8-12(18-22-6-7-24-18)2-5-17(14)23-13-3-4-15(19)16(20)9-13/h2-9,11H,10,21H2,1H3. The Balaban J connectivity index is 1.98. The molecule has 1 aromatic heterocycles. The van der Waals surface area contributed by atoms with Gasteiger partial charge in [-0.05, 0) is 48.4 Å². The summed E-state index contributed by atoms with van der Waals surface area (Å²) in [5.41, 5.74) is 7.97. The Bertz CT molecular complexity index is 837. The predicted octanol–water partition coefficient (Wildman–Crippen LogP) is 5.97. The van der Waals surface area contributed by atoms with Gasteiger partial charge in [-0.15, -0.1) is 11.3 Å². The van der Waals surface area contributed by atoms with E-state index in [9.17, 15) is 0 Å². The fourth-order valence-electron chi connectivity index (χ4n) is 2.32. The topological polar surface area (TPSA) is 48.1 Å². The first kappa shape index (κ1) is 17.2. The van der Waals surface area contributed by atoms with Crippen LogP contribution in [0.4, 0.5) is 0 Å². The number of aromatic nitrogens is 1. The molecule has 0 aliphatic carbocycles. The van der Waals surface area contributed by atoms with E-state index in [-0.39, 0.29) is 5.92 Å². The highest BCUT2D eigenvalue weighted by Crippen LogP contribution is 2.36. The maximum atomic E-state index is 6.06. The lowest BCUT2D eigenvalue weighted by atomic mass is 9.98. The number of ether oxygens (including phenoxy) is 1. The zero-order valence-electron chi connectivity index (χ0n) is 13.0. The van der Waals surface area contributed by atoms with Gasteiger partial charge in [0.15, 0.2) is 0 Å². The van der Waals surface area contributed by atoms with Crippen LogP contribution in [0.15, 0.2) is 48.0 Å². The molecule has 0 saturated carbocycles. The van der Waals surface area contributed by atoms with Crippen molar-refractivity contribution in [3.63, 3.8) is 0 Å². The van der Waals surface area contributed by atoms with Crippen LogP contribution < -0.4 is 10.5 Å². The van der Waals surface area contributed by atoms with Crippen LogP contribution in [0, 0.1) is 0 Å². The molecule has 3 nitrogen and oxygen atoms in total. The van der Waals surface area contributed by atoms with Gasteiger partial charge in [-0.3, -0.25) is 0 Å². The molecule has 0 fully saturated rings. The van der Waals surface area contributed by atoms with Crippen LogP contribution in [-0.2, 0) is 0 Å². The first-order chi connectivity index (χ1) is 11.6. The van der Waals surface area contributed by atoms with Crippen LogP contribution in [0.2, 0.25) is 10.0 Å². The van der Waals surface area contributed by atoms with Gasteiger partial charge in [-0.25, -0.2) is 4.98 Å².